The summed E-state index contributed by atoms with van der Waals surface area (Å²) in [6.07, 6.45) is 64.5. The molecule has 346 valence electrons. The molecular weight excluding hydrogens is 755 g/mol. The molecule has 0 heterocycles. The van der Waals surface area contributed by atoms with E-state index in [-0.39, 0.29) is 31.3 Å². The summed E-state index contributed by atoms with van der Waals surface area (Å²) in [5.74, 6) is -0.676. The minimum absolute atomic E-state index is 0.0336. The number of carbonyl (C=O) groups excluding carboxylic acids is 2. The van der Waals surface area contributed by atoms with Crippen LogP contribution < -0.4 is 5.32 Å². The smallest absolute Gasteiger partial charge is 0.306 e. The van der Waals surface area contributed by atoms with E-state index < -0.39 is 18.2 Å². The van der Waals surface area contributed by atoms with Gasteiger partial charge in [-0.3, -0.25) is 9.59 Å². The largest absolute Gasteiger partial charge is 0.461 e. The summed E-state index contributed by atoms with van der Waals surface area (Å²) in [7, 11) is 0. The minimum Gasteiger partial charge on any atom is -0.461 e. The zero-order valence-electron chi connectivity index (χ0n) is 39.2. The van der Waals surface area contributed by atoms with E-state index in [0.717, 1.165) is 57.8 Å². The van der Waals surface area contributed by atoms with Crippen LogP contribution in [0.4, 0.5) is 0 Å². The van der Waals surface area contributed by atoms with Crippen LogP contribution in [0.3, 0.4) is 0 Å². The Morgan fingerprint density at radius 1 is 0.525 bits per heavy atom. The molecule has 0 aliphatic carbocycles. The first-order valence-electron chi connectivity index (χ1n) is 24.7. The Labute approximate surface area is 375 Å². The van der Waals surface area contributed by atoms with Crippen LogP contribution in [0.15, 0.2) is 109 Å². The number of nitrogens with one attached hydrogen (secondary N) is 1. The van der Waals surface area contributed by atoms with E-state index in [1.165, 1.54) is 89.9 Å². The lowest BCUT2D eigenvalue weighted by atomic mass is 10.0. The molecule has 0 saturated heterocycles. The highest BCUT2D eigenvalue weighted by atomic mass is 16.5. The first-order chi connectivity index (χ1) is 30.0. The van der Waals surface area contributed by atoms with Crippen molar-refractivity contribution in [3.63, 3.8) is 0 Å². The Morgan fingerprint density at radius 2 is 0.984 bits per heavy atom. The van der Waals surface area contributed by atoms with Gasteiger partial charge in [-0.1, -0.05) is 233 Å². The molecule has 0 rings (SSSR count). The number of esters is 1. The van der Waals surface area contributed by atoms with Gasteiger partial charge in [0.25, 0.3) is 0 Å². The zero-order valence-corrected chi connectivity index (χ0v) is 39.2. The van der Waals surface area contributed by atoms with Crippen molar-refractivity contribution >= 4 is 11.9 Å². The van der Waals surface area contributed by atoms with Crippen LogP contribution in [0.25, 0.3) is 0 Å². The predicted molar refractivity (Wildman–Crippen MR) is 263 cm³/mol. The van der Waals surface area contributed by atoms with Crippen LogP contribution in [-0.2, 0) is 14.3 Å². The molecule has 0 aromatic heterocycles. The Bertz CT molecular complexity index is 1270. The normalized spacial score (nSPS) is 14.2. The van der Waals surface area contributed by atoms with Gasteiger partial charge in [0, 0.05) is 12.8 Å². The van der Waals surface area contributed by atoms with Gasteiger partial charge in [0.05, 0.1) is 25.2 Å². The van der Waals surface area contributed by atoms with Crippen LogP contribution in [0.5, 0.6) is 0 Å². The zero-order chi connectivity index (χ0) is 44.5. The standard InChI is InChI=1S/C55H91NO5/c1-4-7-10-13-16-19-22-25-27-29-31-34-37-40-43-46-51(61-55(60)48-45-42-39-36-33-28-24-21-18-15-12-9-6-3)49-54(59)56-52(50-57)53(58)47-44-41-38-35-32-30-26-23-20-17-14-11-8-5-2/h9,12,15-16,18-19,21,24-25,27-28,31,33-34,36,39-40,43,51-53,57-58H,4-8,10-11,13-14,17,20,22-23,26,29-30,32,35,37-38,41-42,44-50H2,1-3H3,(H,56,59)/b12-9+,18-15+,19-16-,24-21-,27-25-,33-28-,34-31-,39-36+,43-40-. The van der Waals surface area contributed by atoms with Crippen molar-refractivity contribution in [1.82, 2.24) is 5.32 Å². The third-order valence-corrected chi connectivity index (χ3v) is 10.5. The summed E-state index contributed by atoms with van der Waals surface area (Å²) in [5.41, 5.74) is 0. The molecule has 6 nitrogen and oxygen atoms in total. The second-order valence-corrected chi connectivity index (χ2v) is 16.3. The summed E-state index contributed by atoms with van der Waals surface area (Å²) in [5, 5.41) is 23.7. The molecule has 0 aromatic carbocycles. The second-order valence-electron chi connectivity index (χ2n) is 16.3. The van der Waals surface area contributed by atoms with Crippen molar-refractivity contribution in [3.8, 4) is 0 Å². The number of aliphatic hydroxyl groups is 2. The third kappa shape index (κ3) is 43.0. The Morgan fingerprint density at radius 3 is 1.52 bits per heavy atom. The van der Waals surface area contributed by atoms with Gasteiger partial charge in [0.2, 0.25) is 5.91 Å². The maximum absolute atomic E-state index is 13.2. The molecule has 61 heavy (non-hydrogen) atoms. The fraction of sp³-hybridized carbons (Fsp3) is 0.636. The lowest BCUT2D eigenvalue weighted by molar-refractivity contribution is -0.150. The number of allylic oxidation sites excluding steroid dienone is 17. The van der Waals surface area contributed by atoms with Gasteiger partial charge >= 0.3 is 5.97 Å². The average Bonchev–Trinajstić information content (AvgIpc) is 3.25. The summed E-state index contributed by atoms with van der Waals surface area (Å²) in [6, 6.07) is -0.752. The number of ether oxygens (including phenoxy) is 1. The lowest BCUT2D eigenvalue weighted by Gasteiger charge is -2.24. The van der Waals surface area contributed by atoms with Gasteiger partial charge in [-0.15, -0.1) is 0 Å². The van der Waals surface area contributed by atoms with E-state index >= 15 is 0 Å². The number of amides is 1. The van der Waals surface area contributed by atoms with Crippen molar-refractivity contribution < 1.29 is 24.5 Å². The van der Waals surface area contributed by atoms with Crippen molar-refractivity contribution in [2.75, 3.05) is 6.61 Å². The van der Waals surface area contributed by atoms with E-state index in [0.29, 0.717) is 19.3 Å². The SMILES string of the molecule is CC/C=C/C=C/C=C\C=C/C=C/CCCC(=O)OC(C/C=C\C/C=C\C/C=C\C/C=C\CCCCC)CC(=O)NC(CO)C(O)CCCCCCCCCCCCCCCC. The minimum atomic E-state index is -0.829. The molecular formula is C55H91NO5. The van der Waals surface area contributed by atoms with Crippen LogP contribution in [0.1, 0.15) is 201 Å². The summed E-state index contributed by atoms with van der Waals surface area (Å²) in [4.78, 5) is 26.0. The van der Waals surface area contributed by atoms with Crippen LogP contribution in [0.2, 0.25) is 0 Å². The summed E-state index contributed by atoms with van der Waals surface area (Å²) < 4.78 is 5.81. The molecule has 3 unspecified atom stereocenters. The number of rotatable bonds is 42. The number of unbranched alkanes of at least 4 members (excludes halogenated alkanes) is 17. The van der Waals surface area contributed by atoms with Crippen molar-refractivity contribution in [3.05, 3.63) is 109 Å². The van der Waals surface area contributed by atoms with Gasteiger partial charge in [-0.25, -0.2) is 0 Å². The fourth-order valence-electron chi connectivity index (χ4n) is 6.73. The molecule has 1 amide bonds. The third-order valence-electron chi connectivity index (χ3n) is 10.5. The highest BCUT2D eigenvalue weighted by Gasteiger charge is 2.23. The maximum Gasteiger partial charge on any atom is 0.306 e. The second kappa shape index (κ2) is 47.6. The maximum atomic E-state index is 13.2. The first-order valence-corrected chi connectivity index (χ1v) is 24.7. The quantitative estimate of drug-likeness (QED) is 0.0246. The molecule has 0 saturated carbocycles. The Hall–Kier alpha value is -3.48. The highest BCUT2D eigenvalue weighted by molar-refractivity contribution is 5.77. The molecule has 0 radical (unpaired) electrons. The average molecular weight is 846 g/mol. The molecule has 0 bridgehead atoms. The van der Waals surface area contributed by atoms with Gasteiger partial charge in [0.1, 0.15) is 6.10 Å². The Kier molecular flexibility index (Phi) is 44.9. The van der Waals surface area contributed by atoms with Gasteiger partial charge < -0.3 is 20.3 Å². The van der Waals surface area contributed by atoms with Gasteiger partial charge in [-0.05, 0) is 57.8 Å². The van der Waals surface area contributed by atoms with Crippen molar-refractivity contribution in [2.45, 2.75) is 219 Å². The van der Waals surface area contributed by atoms with E-state index in [9.17, 15) is 19.8 Å². The molecule has 0 spiro atoms. The molecule has 0 fully saturated rings. The number of aliphatic hydroxyl groups excluding tert-OH is 2. The van der Waals surface area contributed by atoms with Crippen LogP contribution >= 0.6 is 0 Å². The van der Waals surface area contributed by atoms with E-state index in [1.807, 2.05) is 66.8 Å². The van der Waals surface area contributed by atoms with Gasteiger partial charge in [0.15, 0.2) is 0 Å². The predicted octanol–water partition coefficient (Wildman–Crippen LogP) is 14.7. The Balaban J connectivity index is 4.84. The van der Waals surface area contributed by atoms with Crippen molar-refractivity contribution in [2.24, 2.45) is 0 Å². The topological polar surface area (TPSA) is 95.9 Å². The summed E-state index contributed by atoms with van der Waals surface area (Å²) >= 11 is 0. The van der Waals surface area contributed by atoms with Crippen LogP contribution in [0, 0.1) is 0 Å². The number of hydrogen-bond acceptors (Lipinski definition) is 5. The molecule has 0 aromatic rings. The monoisotopic (exact) mass is 846 g/mol. The van der Waals surface area contributed by atoms with E-state index in [1.54, 1.807) is 0 Å². The number of hydrogen-bond donors (Lipinski definition) is 3. The molecule has 0 aliphatic rings. The van der Waals surface area contributed by atoms with Gasteiger partial charge in [-0.2, -0.15) is 0 Å². The molecule has 0 aliphatic heterocycles. The molecule has 3 atom stereocenters. The fourth-order valence-corrected chi connectivity index (χ4v) is 6.73. The highest BCUT2D eigenvalue weighted by Crippen LogP contribution is 2.15. The molecule has 6 heteroatoms. The van der Waals surface area contributed by atoms with Crippen molar-refractivity contribution in [1.29, 1.82) is 0 Å². The van der Waals surface area contributed by atoms with Crippen LogP contribution in [-0.4, -0.2) is 46.9 Å². The lowest BCUT2D eigenvalue weighted by Crippen LogP contribution is -2.46. The number of carbonyl (C=O) groups is 2. The van der Waals surface area contributed by atoms with E-state index in [4.69, 9.17) is 4.74 Å². The molecule has 3 N–H and O–H groups in total. The van der Waals surface area contributed by atoms with E-state index in [2.05, 4.69) is 68.6 Å². The summed E-state index contributed by atoms with van der Waals surface area (Å²) in [6.45, 7) is 6.25. The first kappa shape index (κ1) is 57.5.